The molecule has 1 aromatic carbocycles. The molecule has 0 amide bonds. The van der Waals surface area contributed by atoms with Crippen molar-refractivity contribution in [2.24, 2.45) is 0 Å². The second-order valence-corrected chi connectivity index (χ2v) is 5.25. The molecule has 5 heteroatoms. The molecule has 2 rings (SSSR count). The summed E-state index contributed by atoms with van der Waals surface area (Å²) in [5, 5.41) is 3.02. The summed E-state index contributed by atoms with van der Waals surface area (Å²) in [5.41, 5.74) is -0.372. The van der Waals surface area contributed by atoms with E-state index in [0.29, 0.717) is 0 Å². The van der Waals surface area contributed by atoms with Gasteiger partial charge in [0.05, 0.1) is 5.56 Å². The van der Waals surface area contributed by atoms with Crippen molar-refractivity contribution in [2.45, 2.75) is 25.1 Å². The van der Waals surface area contributed by atoms with Crippen LogP contribution in [0.2, 0.25) is 0 Å². The summed E-state index contributed by atoms with van der Waals surface area (Å²) >= 11 is 1.79. The lowest BCUT2D eigenvalue weighted by molar-refractivity contribution is -0.137. The van der Waals surface area contributed by atoms with Crippen LogP contribution in [-0.4, -0.2) is 17.5 Å². The van der Waals surface area contributed by atoms with Gasteiger partial charge >= 0.3 is 6.18 Å². The zero-order valence-electron chi connectivity index (χ0n) is 9.26. The molecule has 1 N–H and O–H groups in total. The summed E-state index contributed by atoms with van der Waals surface area (Å²) in [7, 11) is 0. The summed E-state index contributed by atoms with van der Waals surface area (Å²) in [4.78, 5) is 0. The van der Waals surface area contributed by atoms with E-state index in [1.54, 1.807) is 17.8 Å². The zero-order valence-corrected chi connectivity index (χ0v) is 10.1. The van der Waals surface area contributed by atoms with Crippen LogP contribution in [0.5, 0.6) is 0 Å². The highest BCUT2D eigenvalue weighted by Gasteiger charge is 2.33. The molecule has 1 fully saturated rings. The van der Waals surface area contributed by atoms with Gasteiger partial charge < -0.3 is 5.32 Å². The molecule has 1 heterocycles. The monoisotopic (exact) mass is 261 g/mol. The molecule has 94 valence electrons. The van der Waals surface area contributed by atoms with E-state index in [9.17, 15) is 13.2 Å². The first-order chi connectivity index (χ1) is 8.07. The Hall–Kier alpha value is -0.840. The molecule has 0 bridgehead atoms. The number of benzene rings is 1. The largest absolute Gasteiger partial charge is 0.418 e. The van der Waals surface area contributed by atoms with E-state index in [0.717, 1.165) is 30.4 Å². The smallest absolute Gasteiger partial charge is 0.381 e. The van der Waals surface area contributed by atoms with Crippen LogP contribution < -0.4 is 5.32 Å². The Balaban J connectivity index is 2.14. The van der Waals surface area contributed by atoms with Gasteiger partial charge in [-0.2, -0.15) is 24.9 Å². The summed E-state index contributed by atoms with van der Waals surface area (Å²) < 4.78 is 38.3. The molecule has 0 spiro atoms. The normalized spacial score (nSPS) is 21.2. The van der Waals surface area contributed by atoms with Gasteiger partial charge in [-0.25, -0.2) is 0 Å². The van der Waals surface area contributed by atoms with Crippen LogP contribution in [0.4, 0.5) is 18.9 Å². The Morgan fingerprint density at radius 1 is 1.24 bits per heavy atom. The Labute approximate surface area is 103 Å². The second kappa shape index (κ2) is 5.21. The predicted octanol–water partition coefficient (Wildman–Crippen LogP) is 4.01. The minimum absolute atomic E-state index is 0.150. The third kappa shape index (κ3) is 3.31. The van der Waals surface area contributed by atoms with E-state index < -0.39 is 11.7 Å². The fraction of sp³-hybridized carbons (Fsp3) is 0.500. The molecule has 1 saturated heterocycles. The highest BCUT2D eigenvalue weighted by atomic mass is 32.2. The van der Waals surface area contributed by atoms with Gasteiger partial charge in [0.2, 0.25) is 0 Å². The van der Waals surface area contributed by atoms with Crippen molar-refractivity contribution in [3.05, 3.63) is 29.8 Å². The van der Waals surface area contributed by atoms with Gasteiger partial charge in [0, 0.05) is 17.5 Å². The molecule has 1 aliphatic rings. The highest BCUT2D eigenvalue weighted by Crippen LogP contribution is 2.35. The maximum Gasteiger partial charge on any atom is 0.418 e. The third-order valence-corrected chi connectivity index (χ3v) is 3.97. The van der Waals surface area contributed by atoms with Crippen molar-refractivity contribution in [1.82, 2.24) is 0 Å². The number of anilines is 1. The van der Waals surface area contributed by atoms with Crippen molar-refractivity contribution in [3.63, 3.8) is 0 Å². The fourth-order valence-electron chi connectivity index (χ4n) is 1.93. The van der Waals surface area contributed by atoms with Crippen LogP contribution in [0, 0.1) is 0 Å². The van der Waals surface area contributed by atoms with Gasteiger partial charge in [-0.3, -0.25) is 0 Å². The first-order valence-corrected chi connectivity index (χ1v) is 6.73. The molecule has 0 aromatic heterocycles. The topological polar surface area (TPSA) is 12.0 Å². The quantitative estimate of drug-likeness (QED) is 0.863. The van der Waals surface area contributed by atoms with E-state index >= 15 is 0 Å². The van der Waals surface area contributed by atoms with Crippen LogP contribution in [0.1, 0.15) is 18.4 Å². The van der Waals surface area contributed by atoms with Crippen LogP contribution >= 0.6 is 11.8 Å². The van der Waals surface area contributed by atoms with E-state index in [1.807, 2.05) is 0 Å². The van der Waals surface area contributed by atoms with Gasteiger partial charge in [0.1, 0.15) is 0 Å². The second-order valence-electron chi connectivity index (χ2n) is 4.10. The lowest BCUT2D eigenvalue weighted by Crippen LogP contribution is -2.27. The number of thioether (sulfide) groups is 1. The number of nitrogens with one attached hydrogen (secondary N) is 1. The average molecular weight is 261 g/mol. The van der Waals surface area contributed by atoms with E-state index in [-0.39, 0.29) is 11.7 Å². The Bertz CT molecular complexity index is 372. The molecule has 0 aliphatic carbocycles. The first kappa shape index (κ1) is 12.6. The number of alkyl halides is 3. The van der Waals surface area contributed by atoms with Crippen molar-refractivity contribution in [1.29, 1.82) is 0 Å². The molecular weight excluding hydrogens is 247 g/mol. The van der Waals surface area contributed by atoms with Crippen molar-refractivity contribution < 1.29 is 13.2 Å². The third-order valence-electron chi connectivity index (χ3n) is 2.75. The van der Waals surface area contributed by atoms with Crippen molar-refractivity contribution in [2.75, 3.05) is 16.8 Å². The molecule has 0 saturated carbocycles. The van der Waals surface area contributed by atoms with Gasteiger partial charge in [0.25, 0.3) is 0 Å². The van der Waals surface area contributed by atoms with E-state index in [2.05, 4.69) is 5.32 Å². The Kier molecular flexibility index (Phi) is 3.86. The van der Waals surface area contributed by atoms with Gasteiger partial charge in [-0.05, 0) is 30.7 Å². The number of hydrogen-bond donors (Lipinski definition) is 1. The molecule has 1 aromatic rings. The summed E-state index contributed by atoms with van der Waals surface area (Å²) in [6.45, 7) is 0. The highest BCUT2D eigenvalue weighted by molar-refractivity contribution is 7.99. The number of para-hydroxylation sites is 1. The fourth-order valence-corrected chi connectivity index (χ4v) is 3.00. The molecule has 1 nitrogen and oxygen atoms in total. The summed E-state index contributed by atoms with van der Waals surface area (Å²) in [5.74, 6) is 1.99. The molecule has 1 atom stereocenters. The van der Waals surface area contributed by atoms with Crippen molar-refractivity contribution in [3.8, 4) is 0 Å². The summed E-state index contributed by atoms with van der Waals surface area (Å²) in [6.07, 6.45) is -2.28. The SMILES string of the molecule is FC(F)(F)c1ccccc1NC1CCCSC1. The molecule has 1 unspecified atom stereocenters. The minimum atomic E-state index is -4.29. The average Bonchev–Trinajstić information content (AvgIpc) is 2.30. The number of rotatable bonds is 2. The van der Waals surface area contributed by atoms with Gasteiger partial charge in [0.15, 0.2) is 0 Å². The van der Waals surface area contributed by atoms with Crippen LogP contribution in [0.15, 0.2) is 24.3 Å². The van der Waals surface area contributed by atoms with Gasteiger partial charge in [-0.15, -0.1) is 0 Å². The lowest BCUT2D eigenvalue weighted by Gasteiger charge is -2.25. The molecule has 1 aliphatic heterocycles. The number of hydrogen-bond acceptors (Lipinski definition) is 2. The van der Waals surface area contributed by atoms with E-state index in [4.69, 9.17) is 0 Å². The first-order valence-electron chi connectivity index (χ1n) is 5.58. The minimum Gasteiger partial charge on any atom is -0.381 e. The Morgan fingerprint density at radius 2 is 2.00 bits per heavy atom. The van der Waals surface area contributed by atoms with Crippen LogP contribution in [-0.2, 0) is 6.18 Å². The van der Waals surface area contributed by atoms with E-state index in [1.165, 1.54) is 12.1 Å². The molecular formula is C12H14F3NS. The molecule has 17 heavy (non-hydrogen) atoms. The molecule has 0 radical (unpaired) electrons. The van der Waals surface area contributed by atoms with Crippen molar-refractivity contribution >= 4 is 17.4 Å². The van der Waals surface area contributed by atoms with Crippen LogP contribution in [0.25, 0.3) is 0 Å². The maximum atomic E-state index is 12.8. The van der Waals surface area contributed by atoms with Crippen LogP contribution in [0.3, 0.4) is 0 Å². The number of halogens is 3. The standard InChI is InChI=1S/C12H14F3NS/c13-12(14,15)10-5-1-2-6-11(10)16-9-4-3-7-17-8-9/h1-2,5-6,9,16H,3-4,7-8H2. The maximum absolute atomic E-state index is 12.8. The summed E-state index contributed by atoms with van der Waals surface area (Å²) in [6, 6.07) is 5.83. The zero-order chi connectivity index (χ0) is 12.3. The predicted molar refractivity (Wildman–Crippen MR) is 65.4 cm³/mol. The Morgan fingerprint density at radius 3 is 2.65 bits per heavy atom. The van der Waals surface area contributed by atoms with Gasteiger partial charge in [-0.1, -0.05) is 12.1 Å². The lowest BCUT2D eigenvalue weighted by atomic mass is 10.1.